The van der Waals surface area contributed by atoms with Gasteiger partial charge in [0.25, 0.3) is 0 Å². The van der Waals surface area contributed by atoms with Crippen LogP contribution in [0.2, 0.25) is 0 Å². The first kappa shape index (κ1) is 9.61. The predicted octanol–water partition coefficient (Wildman–Crippen LogP) is 0.484. The summed E-state index contributed by atoms with van der Waals surface area (Å²) in [5.74, 6) is 0.257. The lowest BCUT2D eigenvalue weighted by molar-refractivity contribution is -0.128. The predicted molar refractivity (Wildman–Crippen MR) is 52.7 cm³/mol. The average Bonchev–Trinajstić information content (AvgIpc) is 2.78. The molecule has 0 radical (unpaired) electrons. The van der Waals surface area contributed by atoms with Gasteiger partial charge in [0.15, 0.2) is 0 Å². The molecule has 0 bridgehead atoms. The molecule has 1 amide bonds. The molecule has 2 heterocycles. The van der Waals surface area contributed by atoms with Gasteiger partial charge in [-0.3, -0.25) is 9.78 Å². The Labute approximate surface area is 86.2 Å². The lowest BCUT2D eigenvalue weighted by atomic mass is 10.1. The van der Waals surface area contributed by atoms with E-state index in [2.05, 4.69) is 4.98 Å². The number of thiazole rings is 1. The van der Waals surface area contributed by atoms with Gasteiger partial charge >= 0.3 is 0 Å². The minimum absolute atomic E-state index is 0.102. The van der Waals surface area contributed by atoms with Crippen molar-refractivity contribution in [1.82, 2.24) is 9.88 Å². The van der Waals surface area contributed by atoms with Gasteiger partial charge in [0.05, 0.1) is 12.1 Å². The average molecular weight is 212 g/mol. The number of aliphatic hydroxyl groups is 1. The number of carbonyl (C=O) groups is 1. The maximum absolute atomic E-state index is 11.5. The van der Waals surface area contributed by atoms with E-state index in [-0.39, 0.29) is 18.4 Å². The summed E-state index contributed by atoms with van der Waals surface area (Å²) in [7, 11) is 0. The van der Waals surface area contributed by atoms with E-state index in [0.29, 0.717) is 19.5 Å². The molecular formula is C9H12N2O2S. The normalized spacial score (nSPS) is 21.9. The highest BCUT2D eigenvalue weighted by molar-refractivity contribution is 7.09. The molecule has 1 atom stereocenters. The molecule has 0 aliphatic carbocycles. The second-order valence-corrected chi connectivity index (χ2v) is 4.47. The van der Waals surface area contributed by atoms with Crippen LogP contribution in [0.4, 0.5) is 0 Å². The number of likely N-dealkylation sites (tertiary alicyclic amines) is 1. The molecule has 14 heavy (non-hydrogen) atoms. The smallest absolute Gasteiger partial charge is 0.223 e. The van der Waals surface area contributed by atoms with Gasteiger partial charge in [-0.2, -0.15) is 0 Å². The van der Waals surface area contributed by atoms with Crippen LogP contribution in [0, 0.1) is 5.92 Å². The summed E-state index contributed by atoms with van der Waals surface area (Å²) in [6.07, 6.45) is 2.26. The standard InChI is InChI=1S/C9H12N2O2S/c12-5-7-1-9(13)11(3-7)4-8-2-10-6-14-8/h2,6-7,12H,1,3-5H2. The molecule has 2 rings (SSSR count). The van der Waals surface area contributed by atoms with Crippen LogP contribution >= 0.6 is 11.3 Å². The SMILES string of the molecule is O=C1CC(CO)CN1Cc1cncs1. The molecule has 1 unspecified atom stereocenters. The van der Waals surface area contributed by atoms with Gasteiger partial charge in [-0.05, 0) is 0 Å². The Hall–Kier alpha value is -0.940. The van der Waals surface area contributed by atoms with E-state index in [1.807, 2.05) is 0 Å². The van der Waals surface area contributed by atoms with Crippen molar-refractivity contribution in [3.8, 4) is 0 Å². The monoisotopic (exact) mass is 212 g/mol. The lowest BCUT2D eigenvalue weighted by Gasteiger charge is -2.14. The Bertz CT molecular complexity index is 313. The molecule has 0 spiro atoms. The largest absolute Gasteiger partial charge is 0.396 e. The molecule has 4 nitrogen and oxygen atoms in total. The lowest BCUT2D eigenvalue weighted by Crippen LogP contribution is -2.24. The van der Waals surface area contributed by atoms with E-state index < -0.39 is 0 Å². The number of carbonyl (C=O) groups excluding carboxylic acids is 1. The Kier molecular flexibility index (Phi) is 2.79. The third kappa shape index (κ3) is 1.93. The second-order valence-electron chi connectivity index (χ2n) is 3.49. The van der Waals surface area contributed by atoms with Gasteiger partial charge in [-0.1, -0.05) is 0 Å². The molecular weight excluding hydrogens is 200 g/mol. The van der Waals surface area contributed by atoms with Crippen molar-refractivity contribution < 1.29 is 9.90 Å². The molecule has 1 fully saturated rings. The summed E-state index contributed by atoms with van der Waals surface area (Å²) in [6.45, 7) is 1.41. The van der Waals surface area contributed by atoms with Crippen molar-refractivity contribution in [3.63, 3.8) is 0 Å². The molecule has 1 saturated heterocycles. The van der Waals surface area contributed by atoms with Gasteiger partial charge in [0.1, 0.15) is 0 Å². The van der Waals surface area contributed by atoms with Crippen molar-refractivity contribution in [2.24, 2.45) is 5.92 Å². The summed E-state index contributed by atoms with van der Waals surface area (Å²) in [4.78, 5) is 18.3. The van der Waals surface area contributed by atoms with Crippen LogP contribution in [0.1, 0.15) is 11.3 Å². The number of nitrogens with zero attached hydrogens (tertiary/aromatic N) is 2. The number of rotatable bonds is 3. The van der Waals surface area contributed by atoms with Crippen LogP contribution in [-0.2, 0) is 11.3 Å². The molecule has 0 aromatic carbocycles. The Morgan fingerprint density at radius 2 is 2.57 bits per heavy atom. The minimum atomic E-state index is 0.102. The maximum atomic E-state index is 11.5. The van der Waals surface area contributed by atoms with Crippen molar-refractivity contribution >= 4 is 17.2 Å². The Morgan fingerprint density at radius 3 is 3.14 bits per heavy atom. The van der Waals surface area contributed by atoms with Crippen LogP contribution in [-0.4, -0.2) is 34.0 Å². The number of aromatic nitrogens is 1. The highest BCUT2D eigenvalue weighted by atomic mass is 32.1. The van der Waals surface area contributed by atoms with E-state index >= 15 is 0 Å². The van der Waals surface area contributed by atoms with Crippen LogP contribution in [0.25, 0.3) is 0 Å². The molecule has 1 aromatic heterocycles. The molecule has 1 N–H and O–H groups in total. The van der Waals surface area contributed by atoms with Crippen LogP contribution in [0.15, 0.2) is 11.7 Å². The number of aliphatic hydroxyl groups excluding tert-OH is 1. The minimum Gasteiger partial charge on any atom is -0.396 e. The topological polar surface area (TPSA) is 53.4 Å². The summed E-state index contributed by atoms with van der Waals surface area (Å²) >= 11 is 1.55. The number of hydrogen-bond donors (Lipinski definition) is 1. The zero-order chi connectivity index (χ0) is 9.97. The third-order valence-electron chi connectivity index (χ3n) is 2.38. The fourth-order valence-corrected chi connectivity index (χ4v) is 2.25. The van der Waals surface area contributed by atoms with Crippen molar-refractivity contribution in [3.05, 3.63) is 16.6 Å². The van der Waals surface area contributed by atoms with Crippen LogP contribution in [0.3, 0.4) is 0 Å². The first-order valence-electron chi connectivity index (χ1n) is 4.55. The highest BCUT2D eigenvalue weighted by Gasteiger charge is 2.28. The molecule has 0 saturated carbocycles. The van der Waals surface area contributed by atoms with Crippen molar-refractivity contribution in [2.75, 3.05) is 13.2 Å². The highest BCUT2D eigenvalue weighted by Crippen LogP contribution is 2.20. The van der Waals surface area contributed by atoms with Gasteiger partial charge in [0, 0.05) is 36.6 Å². The maximum Gasteiger partial charge on any atom is 0.223 e. The Morgan fingerprint density at radius 1 is 1.71 bits per heavy atom. The van der Waals surface area contributed by atoms with Crippen LogP contribution < -0.4 is 0 Å². The second kappa shape index (κ2) is 4.06. The fourth-order valence-electron chi connectivity index (χ4n) is 1.64. The molecule has 1 aliphatic heterocycles. The van der Waals surface area contributed by atoms with E-state index in [0.717, 1.165) is 4.88 Å². The van der Waals surface area contributed by atoms with Gasteiger partial charge in [-0.15, -0.1) is 11.3 Å². The first-order chi connectivity index (χ1) is 6.79. The summed E-state index contributed by atoms with van der Waals surface area (Å²) < 4.78 is 0. The van der Waals surface area contributed by atoms with Gasteiger partial charge in [0.2, 0.25) is 5.91 Å². The van der Waals surface area contributed by atoms with E-state index in [4.69, 9.17) is 5.11 Å². The number of amides is 1. The van der Waals surface area contributed by atoms with Crippen molar-refractivity contribution in [1.29, 1.82) is 0 Å². The first-order valence-corrected chi connectivity index (χ1v) is 5.43. The third-order valence-corrected chi connectivity index (χ3v) is 3.15. The molecule has 1 aliphatic rings. The zero-order valence-corrected chi connectivity index (χ0v) is 8.54. The molecule has 1 aromatic rings. The van der Waals surface area contributed by atoms with Crippen molar-refractivity contribution in [2.45, 2.75) is 13.0 Å². The van der Waals surface area contributed by atoms with Gasteiger partial charge in [-0.25, -0.2) is 0 Å². The quantitative estimate of drug-likeness (QED) is 0.793. The Balaban J connectivity index is 1.96. The summed E-state index contributed by atoms with van der Waals surface area (Å²) in [5.41, 5.74) is 1.76. The molecule has 76 valence electrons. The van der Waals surface area contributed by atoms with Gasteiger partial charge < -0.3 is 10.0 Å². The van der Waals surface area contributed by atoms with E-state index in [9.17, 15) is 4.79 Å². The summed E-state index contributed by atoms with van der Waals surface area (Å²) in [5, 5.41) is 8.94. The summed E-state index contributed by atoms with van der Waals surface area (Å²) in [6, 6.07) is 0. The zero-order valence-electron chi connectivity index (χ0n) is 7.72. The van der Waals surface area contributed by atoms with E-state index in [1.165, 1.54) is 0 Å². The van der Waals surface area contributed by atoms with E-state index in [1.54, 1.807) is 27.9 Å². The molecule has 5 heteroatoms. The number of hydrogen-bond acceptors (Lipinski definition) is 4. The fraction of sp³-hybridized carbons (Fsp3) is 0.556. The van der Waals surface area contributed by atoms with Crippen LogP contribution in [0.5, 0.6) is 0 Å².